The molecule has 0 spiro atoms. The van der Waals surface area contributed by atoms with Gasteiger partial charge in [-0.2, -0.15) is 0 Å². The Morgan fingerprint density at radius 3 is 1.67 bits per heavy atom. The van der Waals surface area contributed by atoms with E-state index in [1.54, 1.807) is 0 Å². The summed E-state index contributed by atoms with van der Waals surface area (Å²) < 4.78 is 11.2. The summed E-state index contributed by atoms with van der Waals surface area (Å²) in [6, 6.07) is 0. The van der Waals surface area contributed by atoms with E-state index >= 15 is 0 Å². The monoisotopic (exact) mass is 216 g/mol. The van der Waals surface area contributed by atoms with E-state index in [0.717, 1.165) is 0 Å². The van der Waals surface area contributed by atoms with Crippen molar-refractivity contribution in [3.05, 3.63) is 0 Å². The number of ether oxygens (including phenoxy) is 2. The molecule has 0 aliphatic heterocycles. The first-order valence-corrected chi connectivity index (χ1v) is 5.74. The van der Waals surface area contributed by atoms with Crippen LogP contribution < -0.4 is 0 Å². The molecule has 0 N–H and O–H groups in total. The number of ketones is 1. The third kappa shape index (κ3) is 3.28. The summed E-state index contributed by atoms with van der Waals surface area (Å²) >= 11 is 0. The van der Waals surface area contributed by atoms with Gasteiger partial charge in [0.25, 0.3) is 0 Å². The van der Waals surface area contributed by atoms with E-state index in [1.165, 1.54) is 0 Å². The number of carbonyl (C=O) groups is 1. The number of hydrogen-bond acceptors (Lipinski definition) is 3. The normalized spacial score (nSPS) is 12.5. The minimum atomic E-state index is -1.06. The molecule has 0 aromatic heterocycles. The van der Waals surface area contributed by atoms with Crippen LogP contribution in [0.1, 0.15) is 41.5 Å². The molecule has 0 fully saturated rings. The van der Waals surface area contributed by atoms with E-state index in [2.05, 4.69) is 0 Å². The summed E-state index contributed by atoms with van der Waals surface area (Å²) in [6.45, 7) is 12.4. The van der Waals surface area contributed by atoms with Gasteiger partial charge in [0.05, 0.1) is 0 Å². The SMILES string of the molecule is CCOC(OCC)(C(=O)C(C)C)C(C)C. The molecule has 0 radical (unpaired) electrons. The van der Waals surface area contributed by atoms with Crippen molar-refractivity contribution in [3.63, 3.8) is 0 Å². The van der Waals surface area contributed by atoms with E-state index in [0.29, 0.717) is 13.2 Å². The van der Waals surface area contributed by atoms with Crippen LogP contribution >= 0.6 is 0 Å². The maximum absolute atomic E-state index is 12.1. The van der Waals surface area contributed by atoms with Crippen LogP contribution in [0, 0.1) is 11.8 Å². The lowest BCUT2D eigenvalue weighted by molar-refractivity contribution is -0.246. The highest BCUT2D eigenvalue weighted by Crippen LogP contribution is 2.28. The Morgan fingerprint density at radius 1 is 1.07 bits per heavy atom. The predicted molar refractivity (Wildman–Crippen MR) is 60.7 cm³/mol. The van der Waals surface area contributed by atoms with E-state index < -0.39 is 5.79 Å². The summed E-state index contributed by atoms with van der Waals surface area (Å²) in [5, 5.41) is 0. The van der Waals surface area contributed by atoms with Crippen molar-refractivity contribution in [3.8, 4) is 0 Å². The number of Topliss-reactive ketones (excluding diaryl/α,β-unsaturated/α-hetero) is 1. The highest BCUT2D eigenvalue weighted by Gasteiger charge is 2.44. The van der Waals surface area contributed by atoms with E-state index in [-0.39, 0.29) is 17.6 Å². The smallest absolute Gasteiger partial charge is 0.231 e. The maximum atomic E-state index is 12.1. The summed E-state index contributed by atoms with van der Waals surface area (Å²) in [7, 11) is 0. The molecule has 0 saturated carbocycles. The minimum Gasteiger partial charge on any atom is -0.344 e. The Morgan fingerprint density at radius 2 is 1.47 bits per heavy atom. The third-order valence-corrected chi connectivity index (χ3v) is 2.35. The van der Waals surface area contributed by atoms with Crippen molar-refractivity contribution in [1.29, 1.82) is 0 Å². The van der Waals surface area contributed by atoms with Crippen molar-refractivity contribution in [2.24, 2.45) is 11.8 Å². The van der Waals surface area contributed by atoms with Crippen molar-refractivity contribution in [2.75, 3.05) is 13.2 Å². The molecule has 3 nitrogen and oxygen atoms in total. The lowest BCUT2D eigenvalue weighted by atomic mass is 9.91. The van der Waals surface area contributed by atoms with Crippen LogP contribution in [0.2, 0.25) is 0 Å². The van der Waals surface area contributed by atoms with Crippen LogP contribution in [0.3, 0.4) is 0 Å². The second-order valence-electron chi connectivity index (χ2n) is 4.21. The van der Waals surface area contributed by atoms with Gasteiger partial charge in [0.15, 0.2) is 5.78 Å². The Bertz CT molecular complexity index is 191. The fourth-order valence-corrected chi connectivity index (χ4v) is 1.63. The van der Waals surface area contributed by atoms with Gasteiger partial charge in [-0.25, -0.2) is 0 Å². The van der Waals surface area contributed by atoms with Crippen LogP contribution in [0.4, 0.5) is 0 Å². The molecular formula is C12H24O3. The molecule has 0 atom stereocenters. The lowest BCUT2D eigenvalue weighted by Gasteiger charge is -2.36. The lowest BCUT2D eigenvalue weighted by Crippen LogP contribution is -2.51. The van der Waals surface area contributed by atoms with Gasteiger partial charge in [-0.3, -0.25) is 4.79 Å². The van der Waals surface area contributed by atoms with Crippen LogP contribution in [-0.2, 0) is 14.3 Å². The first-order valence-electron chi connectivity index (χ1n) is 5.74. The van der Waals surface area contributed by atoms with Gasteiger partial charge >= 0.3 is 0 Å². The average Bonchev–Trinajstić information content (AvgIpc) is 2.15. The number of rotatable bonds is 7. The van der Waals surface area contributed by atoms with Gasteiger partial charge in [0.1, 0.15) is 0 Å². The van der Waals surface area contributed by atoms with E-state index in [4.69, 9.17) is 9.47 Å². The molecule has 3 heteroatoms. The molecular weight excluding hydrogens is 192 g/mol. The van der Waals surface area contributed by atoms with Crippen molar-refractivity contribution in [2.45, 2.75) is 47.3 Å². The molecule has 15 heavy (non-hydrogen) atoms. The van der Waals surface area contributed by atoms with Crippen LogP contribution in [0.25, 0.3) is 0 Å². The summed E-state index contributed by atoms with van der Waals surface area (Å²) in [6.07, 6.45) is 0. The van der Waals surface area contributed by atoms with E-state index in [1.807, 2.05) is 41.5 Å². The summed E-state index contributed by atoms with van der Waals surface area (Å²) in [5.74, 6) is -1.09. The highest BCUT2D eigenvalue weighted by atomic mass is 16.7. The second-order valence-corrected chi connectivity index (χ2v) is 4.21. The largest absolute Gasteiger partial charge is 0.344 e. The number of hydrogen-bond donors (Lipinski definition) is 0. The fraction of sp³-hybridized carbons (Fsp3) is 0.917. The average molecular weight is 216 g/mol. The molecule has 90 valence electrons. The molecule has 0 amide bonds. The zero-order valence-corrected chi connectivity index (χ0v) is 10.8. The number of carbonyl (C=O) groups excluding carboxylic acids is 1. The fourth-order valence-electron chi connectivity index (χ4n) is 1.63. The quantitative estimate of drug-likeness (QED) is 0.614. The van der Waals surface area contributed by atoms with Gasteiger partial charge in [-0.15, -0.1) is 0 Å². The Balaban J connectivity index is 5.01. The summed E-state index contributed by atoms with van der Waals surface area (Å²) in [5.41, 5.74) is 0. The van der Waals surface area contributed by atoms with Crippen LogP contribution in [-0.4, -0.2) is 24.8 Å². The summed E-state index contributed by atoms with van der Waals surface area (Å²) in [4.78, 5) is 12.1. The van der Waals surface area contributed by atoms with Gasteiger partial charge in [0.2, 0.25) is 5.79 Å². The minimum absolute atomic E-state index is 0.0206. The van der Waals surface area contributed by atoms with E-state index in [9.17, 15) is 4.79 Å². The molecule has 0 aliphatic rings. The first-order chi connectivity index (χ1) is 6.92. The zero-order valence-electron chi connectivity index (χ0n) is 10.8. The van der Waals surface area contributed by atoms with Gasteiger partial charge in [-0.1, -0.05) is 27.7 Å². The Labute approximate surface area is 93.1 Å². The van der Waals surface area contributed by atoms with Crippen molar-refractivity contribution < 1.29 is 14.3 Å². The maximum Gasteiger partial charge on any atom is 0.231 e. The molecule has 0 aliphatic carbocycles. The van der Waals surface area contributed by atoms with Crippen LogP contribution in [0.5, 0.6) is 0 Å². The standard InChI is InChI=1S/C12H24O3/c1-7-14-12(10(5)6,15-8-2)11(13)9(3)4/h9-10H,7-8H2,1-6H3. The van der Waals surface area contributed by atoms with Crippen molar-refractivity contribution in [1.82, 2.24) is 0 Å². The van der Waals surface area contributed by atoms with Crippen LogP contribution in [0.15, 0.2) is 0 Å². The van der Waals surface area contributed by atoms with Gasteiger partial charge in [0, 0.05) is 25.0 Å². The third-order valence-electron chi connectivity index (χ3n) is 2.35. The predicted octanol–water partition coefficient (Wildman–Crippen LogP) is 2.64. The molecule has 0 unspecified atom stereocenters. The highest BCUT2D eigenvalue weighted by molar-refractivity contribution is 5.87. The second kappa shape index (κ2) is 6.23. The Kier molecular flexibility index (Phi) is 6.06. The Hall–Kier alpha value is -0.410. The molecule has 0 aromatic rings. The molecule has 0 saturated heterocycles. The topological polar surface area (TPSA) is 35.5 Å². The molecule has 0 aromatic carbocycles. The van der Waals surface area contributed by atoms with Crippen molar-refractivity contribution >= 4 is 5.78 Å². The van der Waals surface area contributed by atoms with Gasteiger partial charge < -0.3 is 9.47 Å². The molecule has 0 heterocycles. The first kappa shape index (κ1) is 14.6. The zero-order chi connectivity index (χ0) is 12.1. The van der Waals surface area contributed by atoms with Gasteiger partial charge in [-0.05, 0) is 13.8 Å². The molecule has 0 bridgehead atoms. The molecule has 0 rings (SSSR count).